The quantitative estimate of drug-likeness (QED) is 0.322. The fraction of sp³-hybridized carbons (Fsp3) is 0.200. The highest BCUT2D eigenvalue weighted by Crippen LogP contribution is 2.04. The molecule has 0 saturated carbocycles. The largest absolute Gasteiger partial charge is 0.411 e. The Morgan fingerprint density at radius 3 is 3.00 bits per heavy atom. The Morgan fingerprint density at radius 2 is 2.60 bits per heavy atom. The van der Waals surface area contributed by atoms with Crippen LogP contribution in [-0.4, -0.2) is 21.2 Å². The number of rotatable bonds is 1. The van der Waals surface area contributed by atoms with E-state index in [0.717, 1.165) is 0 Å². The van der Waals surface area contributed by atoms with Crippen LogP contribution in [0.5, 0.6) is 0 Å². The third kappa shape index (κ3) is 0.928. The van der Waals surface area contributed by atoms with Crippen LogP contribution in [0.3, 0.4) is 0 Å². The van der Waals surface area contributed by atoms with Crippen molar-refractivity contribution < 1.29 is 5.21 Å². The van der Waals surface area contributed by atoms with Crippen LogP contribution in [0.4, 0.5) is 5.82 Å². The van der Waals surface area contributed by atoms with Crippen molar-refractivity contribution in [1.29, 1.82) is 0 Å². The normalized spacial score (nSPS) is 10.9. The smallest absolute Gasteiger partial charge is 0.130 e. The Balaban J connectivity index is 3.05. The zero-order valence-corrected chi connectivity index (χ0v) is 5.52. The maximum Gasteiger partial charge on any atom is 0.130 e. The first kappa shape index (κ1) is 6.60. The Kier molecular flexibility index (Phi) is 1.57. The van der Waals surface area contributed by atoms with Gasteiger partial charge in [-0.05, 0) is 0 Å². The molecule has 0 fully saturated rings. The minimum absolute atomic E-state index is 0.484. The topological polar surface area (TPSA) is 76.4 Å². The maximum atomic E-state index is 8.13. The second kappa shape index (κ2) is 2.38. The van der Waals surface area contributed by atoms with Gasteiger partial charge in [0, 0.05) is 7.05 Å². The van der Waals surface area contributed by atoms with Crippen LogP contribution < -0.4 is 5.73 Å². The lowest BCUT2D eigenvalue weighted by molar-refractivity contribution is 0.322. The van der Waals surface area contributed by atoms with Gasteiger partial charge in [-0.15, -0.1) is 0 Å². The van der Waals surface area contributed by atoms with Crippen LogP contribution in [-0.2, 0) is 7.05 Å². The zero-order valence-electron chi connectivity index (χ0n) is 5.52. The van der Waals surface area contributed by atoms with Gasteiger partial charge in [0.15, 0.2) is 0 Å². The van der Waals surface area contributed by atoms with Gasteiger partial charge in [0.05, 0.1) is 18.0 Å². The molecule has 54 valence electrons. The van der Waals surface area contributed by atoms with Gasteiger partial charge in [-0.3, -0.25) is 4.68 Å². The first-order valence-electron chi connectivity index (χ1n) is 2.70. The van der Waals surface area contributed by atoms with Crippen LogP contribution in [0.25, 0.3) is 0 Å². The van der Waals surface area contributed by atoms with Crippen molar-refractivity contribution in [3.05, 3.63) is 11.8 Å². The summed E-state index contributed by atoms with van der Waals surface area (Å²) in [7, 11) is 1.71. The van der Waals surface area contributed by atoms with E-state index in [4.69, 9.17) is 10.9 Å². The van der Waals surface area contributed by atoms with Gasteiger partial charge in [-0.25, -0.2) is 0 Å². The third-order valence-corrected chi connectivity index (χ3v) is 1.21. The van der Waals surface area contributed by atoms with E-state index in [-0.39, 0.29) is 0 Å². The molecule has 1 aromatic rings. The van der Waals surface area contributed by atoms with Crippen molar-refractivity contribution in [2.24, 2.45) is 12.2 Å². The maximum absolute atomic E-state index is 8.13. The number of hydrogen-bond acceptors (Lipinski definition) is 4. The molecular formula is C5H8N4O. The van der Waals surface area contributed by atoms with Crippen molar-refractivity contribution in [3.8, 4) is 0 Å². The summed E-state index contributed by atoms with van der Waals surface area (Å²) < 4.78 is 1.50. The molecule has 0 saturated heterocycles. The van der Waals surface area contributed by atoms with E-state index in [2.05, 4.69) is 10.3 Å². The van der Waals surface area contributed by atoms with E-state index in [9.17, 15) is 0 Å². The highest BCUT2D eigenvalue weighted by molar-refractivity contribution is 5.84. The molecule has 0 aliphatic rings. The van der Waals surface area contributed by atoms with Gasteiger partial charge in [0.25, 0.3) is 0 Å². The van der Waals surface area contributed by atoms with Gasteiger partial charge in [0.2, 0.25) is 0 Å². The molecule has 0 bridgehead atoms. The van der Waals surface area contributed by atoms with E-state index >= 15 is 0 Å². The summed E-state index contributed by atoms with van der Waals surface area (Å²) in [6.07, 6.45) is 2.76. The predicted molar refractivity (Wildman–Crippen MR) is 37.0 cm³/mol. The van der Waals surface area contributed by atoms with Crippen molar-refractivity contribution in [1.82, 2.24) is 9.78 Å². The fourth-order valence-electron chi connectivity index (χ4n) is 0.626. The minimum atomic E-state index is 0.484. The van der Waals surface area contributed by atoms with Crippen molar-refractivity contribution in [3.63, 3.8) is 0 Å². The highest BCUT2D eigenvalue weighted by Gasteiger charge is 1.99. The number of anilines is 1. The summed E-state index contributed by atoms with van der Waals surface area (Å²) in [5.41, 5.74) is 6.10. The first-order chi connectivity index (χ1) is 4.75. The molecule has 10 heavy (non-hydrogen) atoms. The van der Waals surface area contributed by atoms with Gasteiger partial charge in [-0.1, -0.05) is 5.16 Å². The summed E-state index contributed by atoms with van der Waals surface area (Å²) in [4.78, 5) is 0. The number of aryl methyl sites for hydroxylation is 1. The van der Waals surface area contributed by atoms with Crippen LogP contribution in [0.15, 0.2) is 11.4 Å². The Labute approximate surface area is 57.8 Å². The molecule has 0 unspecified atom stereocenters. The van der Waals surface area contributed by atoms with E-state index in [1.807, 2.05) is 0 Å². The summed E-state index contributed by atoms with van der Waals surface area (Å²) in [6, 6.07) is 0. The van der Waals surface area contributed by atoms with Gasteiger partial charge < -0.3 is 10.9 Å². The zero-order chi connectivity index (χ0) is 7.56. The van der Waals surface area contributed by atoms with Crippen molar-refractivity contribution in [2.75, 3.05) is 5.73 Å². The first-order valence-corrected chi connectivity index (χ1v) is 2.70. The van der Waals surface area contributed by atoms with Crippen molar-refractivity contribution >= 4 is 12.0 Å². The number of oxime groups is 1. The molecule has 5 nitrogen and oxygen atoms in total. The molecule has 0 aromatic carbocycles. The Hall–Kier alpha value is -1.52. The Bertz CT molecular complexity index is 252. The molecule has 1 heterocycles. The molecule has 5 heteroatoms. The van der Waals surface area contributed by atoms with Crippen LogP contribution in [0.2, 0.25) is 0 Å². The SMILES string of the molecule is Cn1ncc(C=NO)c1N. The minimum Gasteiger partial charge on any atom is -0.411 e. The van der Waals surface area contributed by atoms with Crippen LogP contribution in [0.1, 0.15) is 5.56 Å². The summed E-state index contributed by atoms with van der Waals surface area (Å²) in [5, 5.41) is 14.8. The average Bonchev–Trinajstić information content (AvgIpc) is 2.20. The molecule has 0 aliphatic heterocycles. The number of nitrogens with zero attached hydrogens (tertiary/aromatic N) is 3. The monoisotopic (exact) mass is 140 g/mol. The van der Waals surface area contributed by atoms with E-state index in [1.54, 1.807) is 7.05 Å². The molecule has 0 aliphatic carbocycles. The summed E-state index contributed by atoms with van der Waals surface area (Å²) in [5.74, 6) is 0.484. The van der Waals surface area contributed by atoms with Gasteiger partial charge in [-0.2, -0.15) is 5.10 Å². The Morgan fingerprint density at radius 1 is 1.90 bits per heavy atom. The third-order valence-electron chi connectivity index (χ3n) is 1.21. The fourth-order valence-corrected chi connectivity index (χ4v) is 0.626. The molecule has 1 aromatic heterocycles. The lowest BCUT2D eigenvalue weighted by atomic mass is 10.4. The van der Waals surface area contributed by atoms with Gasteiger partial charge >= 0.3 is 0 Å². The molecule has 0 atom stereocenters. The van der Waals surface area contributed by atoms with Crippen molar-refractivity contribution in [2.45, 2.75) is 0 Å². The number of aromatic nitrogens is 2. The molecule has 3 N–H and O–H groups in total. The average molecular weight is 140 g/mol. The number of nitrogens with two attached hydrogens (primary N) is 1. The lowest BCUT2D eigenvalue weighted by Gasteiger charge is -1.91. The standard InChI is InChI=1S/C5H8N4O/c1-9-5(6)4(2-7-9)3-8-10/h2-3,10H,6H2,1H3. The molecule has 1 rings (SSSR count). The number of nitrogen functional groups attached to an aromatic ring is 1. The number of hydrogen-bond donors (Lipinski definition) is 2. The summed E-state index contributed by atoms with van der Waals surface area (Å²) in [6.45, 7) is 0. The van der Waals surface area contributed by atoms with Crippen LogP contribution >= 0.6 is 0 Å². The molecule has 0 amide bonds. The molecule has 0 radical (unpaired) electrons. The highest BCUT2D eigenvalue weighted by atomic mass is 16.4. The second-order valence-corrected chi connectivity index (χ2v) is 1.85. The summed E-state index contributed by atoms with van der Waals surface area (Å²) >= 11 is 0. The van der Waals surface area contributed by atoms with E-state index in [1.165, 1.54) is 17.1 Å². The predicted octanol–water partition coefficient (Wildman–Crippen LogP) is -0.190. The van der Waals surface area contributed by atoms with Crippen LogP contribution in [0, 0.1) is 0 Å². The second-order valence-electron chi connectivity index (χ2n) is 1.85. The van der Waals surface area contributed by atoms with Gasteiger partial charge in [0.1, 0.15) is 5.82 Å². The van der Waals surface area contributed by atoms with E-state index in [0.29, 0.717) is 11.4 Å². The molecular weight excluding hydrogens is 132 g/mol. The lowest BCUT2D eigenvalue weighted by Crippen LogP contribution is -1.98. The van der Waals surface area contributed by atoms with E-state index < -0.39 is 0 Å². The molecule has 0 spiro atoms.